The van der Waals surface area contributed by atoms with Crippen LogP contribution in [0.1, 0.15) is 19.8 Å². The third kappa shape index (κ3) is 5.10. The Kier molecular flexibility index (Phi) is 6.69. The van der Waals surface area contributed by atoms with Gasteiger partial charge in [-0.25, -0.2) is 0 Å². The fourth-order valence-electron chi connectivity index (χ4n) is 2.03. The van der Waals surface area contributed by atoms with Crippen LogP contribution in [0, 0.1) is 5.92 Å². The lowest BCUT2D eigenvalue weighted by Gasteiger charge is -2.29. The second-order valence-corrected chi connectivity index (χ2v) is 4.60. The normalized spacial score (nSPS) is 17.7. The molecule has 0 aliphatic heterocycles. The Labute approximate surface area is 99.8 Å². The molecular weight excluding hydrogens is 200 g/mol. The predicted octanol–water partition coefficient (Wildman–Crippen LogP) is 1.51. The standard InChI is InChI=1S/C13H26N2O/c1-4-7-14-8-9-15(10-11-16-3)12(2)13-5-6-13/h4,12-14H,1,5-11H2,2-3H3. The minimum absolute atomic E-state index is 0.709. The molecule has 0 bridgehead atoms. The molecule has 1 aliphatic rings. The van der Waals surface area contributed by atoms with Gasteiger partial charge in [-0.3, -0.25) is 4.90 Å². The summed E-state index contributed by atoms with van der Waals surface area (Å²) >= 11 is 0. The largest absolute Gasteiger partial charge is 0.383 e. The van der Waals surface area contributed by atoms with Crippen LogP contribution in [0.5, 0.6) is 0 Å². The van der Waals surface area contributed by atoms with E-state index in [9.17, 15) is 0 Å². The number of ether oxygens (including phenoxy) is 1. The van der Waals surface area contributed by atoms with Gasteiger partial charge in [-0.15, -0.1) is 6.58 Å². The Morgan fingerprint density at radius 1 is 1.50 bits per heavy atom. The van der Waals surface area contributed by atoms with Crippen molar-refractivity contribution in [3.8, 4) is 0 Å². The van der Waals surface area contributed by atoms with Gasteiger partial charge < -0.3 is 10.1 Å². The van der Waals surface area contributed by atoms with Gasteiger partial charge >= 0.3 is 0 Å². The van der Waals surface area contributed by atoms with Crippen LogP contribution in [0.25, 0.3) is 0 Å². The highest BCUT2D eigenvalue weighted by atomic mass is 16.5. The van der Waals surface area contributed by atoms with Gasteiger partial charge in [0.2, 0.25) is 0 Å². The van der Waals surface area contributed by atoms with E-state index in [-0.39, 0.29) is 0 Å². The van der Waals surface area contributed by atoms with Crippen molar-refractivity contribution in [3.05, 3.63) is 12.7 Å². The van der Waals surface area contributed by atoms with E-state index in [1.165, 1.54) is 12.8 Å². The topological polar surface area (TPSA) is 24.5 Å². The van der Waals surface area contributed by atoms with Gasteiger partial charge in [-0.2, -0.15) is 0 Å². The van der Waals surface area contributed by atoms with Crippen molar-refractivity contribution in [2.24, 2.45) is 5.92 Å². The summed E-state index contributed by atoms with van der Waals surface area (Å²) in [5, 5.41) is 3.36. The van der Waals surface area contributed by atoms with Crippen LogP contribution >= 0.6 is 0 Å². The van der Waals surface area contributed by atoms with Crippen LogP contribution in [-0.4, -0.2) is 50.8 Å². The second-order valence-electron chi connectivity index (χ2n) is 4.60. The zero-order valence-corrected chi connectivity index (χ0v) is 10.7. The monoisotopic (exact) mass is 226 g/mol. The number of nitrogens with one attached hydrogen (secondary N) is 1. The van der Waals surface area contributed by atoms with Gasteiger partial charge in [-0.1, -0.05) is 6.08 Å². The predicted molar refractivity (Wildman–Crippen MR) is 68.7 cm³/mol. The van der Waals surface area contributed by atoms with Crippen molar-refractivity contribution in [2.75, 3.05) is 39.9 Å². The number of hydrogen-bond acceptors (Lipinski definition) is 3. The molecule has 1 fully saturated rings. The summed E-state index contributed by atoms with van der Waals surface area (Å²) in [4.78, 5) is 2.54. The molecule has 0 amide bonds. The molecule has 1 aliphatic carbocycles. The average Bonchev–Trinajstić information content (AvgIpc) is 3.11. The molecule has 3 nitrogen and oxygen atoms in total. The van der Waals surface area contributed by atoms with Gasteiger partial charge in [0.25, 0.3) is 0 Å². The zero-order valence-electron chi connectivity index (χ0n) is 10.7. The minimum atomic E-state index is 0.709. The lowest BCUT2D eigenvalue weighted by molar-refractivity contribution is 0.118. The summed E-state index contributed by atoms with van der Waals surface area (Å²) in [6.07, 6.45) is 4.72. The van der Waals surface area contributed by atoms with E-state index in [4.69, 9.17) is 4.74 Å². The number of hydrogen-bond donors (Lipinski definition) is 1. The first-order valence-electron chi connectivity index (χ1n) is 6.34. The highest BCUT2D eigenvalue weighted by Gasteiger charge is 2.31. The smallest absolute Gasteiger partial charge is 0.0589 e. The molecule has 94 valence electrons. The van der Waals surface area contributed by atoms with Crippen molar-refractivity contribution < 1.29 is 4.74 Å². The lowest BCUT2D eigenvalue weighted by Crippen LogP contribution is -2.41. The van der Waals surface area contributed by atoms with Crippen LogP contribution in [0.15, 0.2) is 12.7 Å². The van der Waals surface area contributed by atoms with E-state index >= 15 is 0 Å². The summed E-state index contributed by atoms with van der Waals surface area (Å²) in [7, 11) is 1.77. The fraction of sp³-hybridized carbons (Fsp3) is 0.846. The van der Waals surface area contributed by atoms with E-state index in [1.54, 1.807) is 7.11 Å². The van der Waals surface area contributed by atoms with Gasteiger partial charge in [0.15, 0.2) is 0 Å². The molecule has 0 aromatic rings. The molecular formula is C13H26N2O. The SMILES string of the molecule is C=CCNCCN(CCOC)C(C)C1CC1. The van der Waals surface area contributed by atoms with Crippen LogP contribution in [0.2, 0.25) is 0 Å². The molecule has 0 saturated heterocycles. The maximum absolute atomic E-state index is 5.17. The summed E-state index contributed by atoms with van der Waals surface area (Å²) in [5.74, 6) is 0.927. The Morgan fingerprint density at radius 3 is 2.81 bits per heavy atom. The number of nitrogens with zero attached hydrogens (tertiary/aromatic N) is 1. The summed E-state index contributed by atoms with van der Waals surface area (Å²) in [5.41, 5.74) is 0. The minimum Gasteiger partial charge on any atom is -0.383 e. The second kappa shape index (κ2) is 7.82. The van der Waals surface area contributed by atoms with E-state index in [2.05, 4.69) is 23.7 Å². The van der Waals surface area contributed by atoms with Gasteiger partial charge in [0.1, 0.15) is 0 Å². The molecule has 16 heavy (non-hydrogen) atoms. The molecule has 0 aromatic carbocycles. The van der Waals surface area contributed by atoms with Crippen molar-refractivity contribution in [3.63, 3.8) is 0 Å². The van der Waals surface area contributed by atoms with Crippen molar-refractivity contribution >= 4 is 0 Å². The average molecular weight is 226 g/mol. The summed E-state index contributed by atoms with van der Waals surface area (Å²) < 4.78 is 5.17. The van der Waals surface area contributed by atoms with Crippen LogP contribution in [0.4, 0.5) is 0 Å². The van der Waals surface area contributed by atoms with E-state index < -0.39 is 0 Å². The summed E-state index contributed by atoms with van der Waals surface area (Å²) in [6.45, 7) is 11.0. The molecule has 1 atom stereocenters. The maximum atomic E-state index is 5.17. The van der Waals surface area contributed by atoms with Crippen molar-refractivity contribution in [1.82, 2.24) is 10.2 Å². The fourth-order valence-corrected chi connectivity index (χ4v) is 2.03. The molecule has 1 N–H and O–H groups in total. The highest BCUT2D eigenvalue weighted by molar-refractivity contribution is 4.85. The lowest BCUT2D eigenvalue weighted by atomic mass is 10.2. The molecule has 0 radical (unpaired) electrons. The molecule has 3 heteroatoms. The first-order valence-corrected chi connectivity index (χ1v) is 6.34. The molecule has 1 rings (SSSR count). The van der Waals surface area contributed by atoms with Crippen molar-refractivity contribution in [1.29, 1.82) is 0 Å². The van der Waals surface area contributed by atoms with E-state index in [0.717, 1.165) is 38.7 Å². The number of rotatable bonds is 10. The van der Waals surface area contributed by atoms with Crippen LogP contribution in [-0.2, 0) is 4.74 Å². The van der Waals surface area contributed by atoms with Gasteiger partial charge in [0, 0.05) is 39.3 Å². The van der Waals surface area contributed by atoms with E-state index in [0.29, 0.717) is 6.04 Å². The Balaban J connectivity index is 2.21. The van der Waals surface area contributed by atoms with Crippen LogP contribution < -0.4 is 5.32 Å². The van der Waals surface area contributed by atoms with E-state index in [1.807, 2.05) is 6.08 Å². The quantitative estimate of drug-likeness (QED) is 0.451. The molecule has 0 spiro atoms. The number of methoxy groups -OCH3 is 1. The molecule has 1 saturated carbocycles. The highest BCUT2D eigenvalue weighted by Crippen LogP contribution is 2.34. The molecule has 0 aromatic heterocycles. The maximum Gasteiger partial charge on any atom is 0.0589 e. The van der Waals surface area contributed by atoms with Crippen LogP contribution in [0.3, 0.4) is 0 Å². The summed E-state index contributed by atoms with van der Waals surface area (Å²) in [6, 6.07) is 0.709. The van der Waals surface area contributed by atoms with Gasteiger partial charge in [0.05, 0.1) is 6.61 Å². The third-order valence-corrected chi connectivity index (χ3v) is 3.33. The van der Waals surface area contributed by atoms with Crippen molar-refractivity contribution in [2.45, 2.75) is 25.8 Å². The zero-order chi connectivity index (χ0) is 11.8. The molecule has 0 heterocycles. The Bertz CT molecular complexity index is 192. The first kappa shape index (κ1) is 13.7. The van der Waals surface area contributed by atoms with Gasteiger partial charge in [-0.05, 0) is 25.7 Å². The molecule has 1 unspecified atom stereocenters. The first-order chi connectivity index (χ1) is 7.79. The Morgan fingerprint density at radius 2 is 2.25 bits per heavy atom. The third-order valence-electron chi connectivity index (χ3n) is 3.33. The Hall–Kier alpha value is -0.380.